The zero-order valence-electron chi connectivity index (χ0n) is 8.73. The van der Waals surface area contributed by atoms with Crippen LogP contribution < -0.4 is 0 Å². The lowest BCUT2D eigenvalue weighted by Crippen LogP contribution is -1.95. The molecule has 1 rings (SSSR count). The molecule has 0 aromatic heterocycles. The van der Waals surface area contributed by atoms with Crippen LogP contribution in [0.2, 0.25) is 0 Å². The first-order valence-corrected chi connectivity index (χ1v) is 4.59. The van der Waals surface area contributed by atoms with Crippen molar-refractivity contribution in [2.24, 2.45) is 0 Å². The number of nitro groups is 1. The van der Waals surface area contributed by atoms with E-state index in [2.05, 4.69) is 0 Å². The summed E-state index contributed by atoms with van der Waals surface area (Å²) < 4.78 is 0. The molecule has 0 saturated carbocycles. The van der Waals surface area contributed by atoms with Crippen LogP contribution in [0.15, 0.2) is 18.2 Å². The molecule has 4 heteroatoms. The van der Waals surface area contributed by atoms with Crippen LogP contribution in [0, 0.1) is 24.0 Å². The van der Waals surface area contributed by atoms with Gasteiger partial charge < -0.3 is 5.11 Å². The second kappa shape index (κ2) is 4.70. The molecule has 0 fully saturated rings. The fraction of sp³-hybridized carbons (Fsp3) is 0.273. The largest absolute Gasteiger partial charge is 0.392 e. The summed E-state index contributed by atoms with van der Waals surface area (Å²) in [5.74, 6) is 0. The highest BCUT2D eigenvalue weighted by Crippen LogP contribution is 2.25. The van der Waals surface area contributed by atoms with Gasteiger partial charge in [-0.15, -0.1) is 0 Å². The molecule has 0 spiro atoms. The summed E-state index contributed by atoms with van der Waals surface area (Å²) in [4.78, 5) is 10.4. The van der Waals surface area contributed by atoms with Gasteiger partial charge in [-0.25, -0.2) is 0 Å². The van der Waals surface area contributed by atoms with Crippen molar-refractivity contribution in [3.8, 4) is 0 Å². The normalized spacial score (nSPS) is 10.9. The maximum absolute atomic E-state index is 10.8. The maximum atomic E-state index is 10.8. The third kappa shape index (κ3) is 2.63. The first kappa shape index (κ1) is 11.4. The van der Waals surface area contributed by atoms with E-state index in [0.29, 0.717) is 5.56 Å². The molecule has 1 aromatic rings. The van der Waals surface area contributed by atoms with Crippen LogP contribution in [0.5, 0.6) is 0 Å². The summed E-state index contributed by atoms with van der Waals surface area (Å²) in [5, 5.41) is 19.4. The van der Waals surface area contributed by atoms with Crippen LogP contribution in [0.25, 0.3) is 6.08 Å². The third-order valence-corrected chi connectivity index (χ3v) is 2.10. The van der Waals surface area contributed by atoms with Gasteiger partial charge >= 0.3 is 0 Å². The van der Waals surface area contributed by atoms with Crippen molar-refractivity contribution in [2.45, 2.75) is 13.8 Å². The Balaban J connectivity index is 3.33. The minimum Gasteiger partial charge on any atom is -0.392 e. The van der Waals surface area contributed by atoms with Gasteiger partial charge in [0.2, 0.25) is 0 Å². The Bertz CT molecular complexity index is 411. The molecule has 0 heterocycles. The van der Waals surface area contributed by atoms with Crippen LogP contribution in [-0.2, 0) is 0 Å². The van der Waals surface area contributed by atoms with Gasteiger partial charge in [-0.05, 0) is 31.1 Å². The van der Waals surface area contributed by atoms with E-state index in [9.17, 15) is 10.1 Å². The number of aliphatic hydroxyl groups excluding tert-OH is 1. The lowest BCUT2D eigenvalue weighted by atomic mass is 10.0. The first-order chi connectivity index (χ1) is 7.06. The number of hydrogen-bond acceptors (Lipinski definition) is 3. The van der Waals surface area contributed by atoms with Gasteiger partial charge in [-0.2, -0.15) is 0 Å². The highest BCUT2D eigenvalue weighted by atomic mass is 16.6. The van der Waals surface area contributed by atoms with Crippen LogP contribution >= 0.6 is 0 Å². The van der Waals surface area contributed by atoms with E-state index in [-0.39, 0.29) is 12.3 Å². The molecule has 0 saturated heterocycles. The molecule has 0 aliphatic rings. The smallest absolute Gasteiger partial charge is 0.277 e. The average Bonchev–Trinajstić information content (AvgIpc) is 2.15. The fourth-order valence-electron chi connectivity index (χ4n) is 1.49. The first-order valence-electron chi connectivity index (χ1n) is 4.59. The van der Waals surface area contributed by atoms with E-state index in [0.717, 1.165) is 11.1 Å². The summed E-state index contributed by atoms with van der Waals surface area (Å²) in [6.07, 6.45) is 3.07. The summed E-state index contributed by atoms with van der Waals surface area (Å²) in [5.41, 5.74) is 2.34. The number of nitro benzene ring substituents is 1. The second-order valence-corrected chi connectivity index (χ2v) is 3.36. The molecule has 80 valence electrons. The predicted octanol–water partition coefficient (Wildman–Crippen LogP) is 2.22. The van der Waals surface area contributed by atoms with Crippen LogP contribution in [0.1, 0.15) is 16.7 Å². The Morgan fingerprint density at radius 3 is 2.67 bits per heavy atom. The quantitative estimate of drug-likeness (QED) is 0.610. The zero-order valence-corrected chi connectivity index (χ0v) is 8.73. The number of benzene rings is 1. The number of aryl methyl sites for hydroxylation is 2. The minimum atomic E-state index is -0.406. The Hall–Kier alpha value is -1.68. The highest BCUT2D eigenvalue weighted by molar-refractivity contribution is 5.65. The van der Waals surface area contributed by atoms with Gasteiger partial charge in [0, 0.05) is 6.07 Å². The molecule has 0 radical (unpaired) electrons. The topological polar surface area (TPSA) is 63.4 Å². The summed E-state index contributed by atoms with van der Waals surface area (Å²) in [7, 11) is 0. The number of nitrogens with zero attached hydrogens (tertiary/aromatic N) is 1. The highest BCUT2D eigenvalue weighted by Gasteiger charge is 2.13. The summed E-state index contributed by atoms with van der Waals surface area (Å²) in [6, 6.07) is 3.41. The van der Waals surface area contributed by atoms with E-state index in [1.807, 2.05) is 19.9 Å². The van der Waals surface area contributed by atoms with Crippen molar-refractivity contribution in [3.63, 3.8) is 0 Å². The van der Waals surface area contributed by atoms with E-state index in [1.54, 1.807) is 6.08 Å². The number of aliphatic hydroxyl groups is 1. The molecule has 0 unspecified atom stereocenters. The SMILES string of the molecule is Cc1cc(C)c(C=CCO)c([N+](=O)[O-])c1. The third-order valence-electron chi connectivity index (χ3n) is 2.10. The van der Waals surface area contributed by atoms with Gasteiger partial charge in [0.25, 0.3) is 5.69 Å². The van der Waals surface area contributed by atoms with Crippen molar-refractivity contribution >= 4 is 11.8 Å². The Morgan fingerprint density at radius 1 is 1.47 bits per heavy atom. The van der Waals surface area contributed by atoms with Gasteiger partial charge in [-0.1, -0.05) is 12.1 Å². The van der Waals surface area contributed by atoms with Crippen molar-refractivity contribution in [1.82, 2.24) is 0 Å². The summed E-state index contributed by atoms with van der Waals surface area (Å²) >= 11 is 0. The number of hydrogen-bond donors (Lipinski definition) is 1. The van der Waals surface area contributed by atoms with Gasteiger partial charge in [-0.3, -0.25) is 10.1 Å². The van der Waals surface area contributed by atoms with E-state index >= 15 is 0 Å². The van der Waals surface area contributed by atoms with Gasteiger partial charge in [0.1, 0.15) is 0 Å². The molecule has 0 aliphatic carbocycles. The minimum absolute atomic E-state index is 0.0807. The fourth-order valence-corrected chi connectivity index (χ4v) is 1.49. The molecule has 0 atom stereocenters. The Labute approximate surface area is 88.0 Å². The van der Waals surface area contributed by atoms with E-state index < -0.39 is 4.92 Å². The Kier molecular flexibility index (Phi) is 3.57. The van der Waals surface area contributed by atoms with Crippen LogP contribution in [0.3, 0.4) is 0 Å². The maximum Gasteiger partial charge on any atom is 0.277 e. The Morgan fingerprint density at radius 2 is 2.13 bits per heavy atom. The molecular weight excluding hydrogens is 194 g/mol. The van der Waals surface area contributed by atoms with Gasteiger partial charge in [0.15, 0.2) is 0 Å². The van der Waals surface area contributed by atoms with Crippen molar-refractivity contribution < 1.29 is 10.0 Å². The van der Waals surface area contributed by atoms with Crippen molar-refractivity contribution in [1.29, 1.82) is 0 Å². The standard InChI is InChI=1S/C11H13NO3/c1-8-6-9(2)10(4-3-5-13)11(7-8)12(14)15/h3-4,6-7,13H,5H2,1-2H3. The molecule has 15 heavy (non-hydrogen) atoms. The van der Waals surface area contributed by atoms with Crippen LogP contribution in [0.4, 0.5) is 5.69 Å². The molecule has 4 nitrogen and oxygen atoms in total. The predicted molar refractivity (Wildman–Crippen MR) is 58.7 cm³/mol. The lowest BCUT2D eigenvalue weighted by Gasteiger charge is -2.03. The molecule has 0 amide bonds. The van der Waals surface area contributed by atoms with Crippen LogP contribution in [-0.4, -0.2) is 16.6 Å². The monoisotopic (exact) mass is 207 g/mol. The molecular formula is C11H13NO3. The second-order valence-electron chi connectivity index (χ2n) is 3.36. The molecule has 1 N–H and O–H groups in total. The zero-order chi connectivity index (χ0) is 11.4. The van der Waals surface area contributed by atoms with Gasteiger partial charge in [0.05, 0.1) is 17.1 Å². The van der Waals surface area contributed by atoms with Crippen molar-refractivity contribution in [3.05, 3.63) is 45.0 Å². The lowest BCUT2D eigenvalue weighted by molar-refractivity contribution is -0.385. The summed E-state index contributed by atoms with van der Waals surface area (Å²) in [6.45, 7) is 3.51. The molecule has 0 aliphatic heterocycles. The number of rotatable bonds is 3. The van der Waals surface area contributed by atoms with E-state index in [1.165, 1.54) is 12.1 Å². The molecule has 1 aromatic carbocycles. The molecule has 0 bridgehead atoms. The van der Waals surface area contributed by atoms with Crippen molar-refractivity contribution in [2.75, 3.05) is 6.61 Å². The van der Waals surface area contributed by atoms with E-state index in [4.69, 9.17) is 5.11 Å². The average molecular weight is 207 g/mol.